The van der Waals surface area contributed by atoms with Crippen molar-refractivity contribution in [2.24, 2.45) is 0 Å². The molecule has 0 unspecified atom stereocenters. The quantitative estimate of drug-likeness (QED) is 0.783. The molecule has 0 atom stereocenters. The van der Waals surface area contributed by atoms with Crippen LogP contribution >= 0.6 is 0 Å². The maximum Gasteiger partial charge on any atom is 0.289 e. The van der Waals surface area contributed by atoms with Crippen LogP contribution in [0, 0.1) is 0 Å². The Bertz CT molecular complexity index is 640. The standard InChI is InChI=1S/C20H32N4O2/c1-3-11-22(12-4-2)19(25)17-16-10-6-9-15-24(16)18(21-17)20(26)23-13-7-5-8-14-23/h3-15H2,1-2H3. The first kappa shape index (κ1) is 18.9. The maximum absolute atomic E-state index is 13.1. The van der Waals surface area contributed by atoms with Gasteiger partial charge in [0.15, 0.2) is 5.82 Å². The highest BCUT2D eigenvalue weighted by atomic mass is 16.2. The molecular weight excluding hydrogens is 328 g/mol. The summed E-state index contributed by atoms with van der Waals surface area (Å²) in [5.74, 6) is 0.486. The molecule has 6 nitrogen and oxygen atoms in total. The molecule has 1 aromatic heterocycles. The van der Waals surface area contributed by atoms with Gasteiger partial charge in [-0.15, -0.1) is 0 Å². The molecule has 2 aliphatic rings. The highest BCUT2D eigenvalue weighted by Crippen LogP contribution is 2.24. The molecule has 2 aliphatic heterocycles. The van der Waals surface area contributed by atoms with Crippen molar-refractivity contribution in [2.45, 2.75) is 71.8 Å². The van der Waals surface area contributed by atoms with Crippen molar-refractivity contribution < 1.29 is 9.59 Å². The van der Waals surface area contributed by atoms with Crippen molar-refractivity contribution in [3.05, 3.63) is 17.2 Å². The van der Waals surface area contributed by atoms with Gasteiger partial charge in [-0.25, -0.2) is 4.98 Å². The average Bonchev–Trinajstić information content (AvgIpc) is 3.07. The zero-order valence-corrected chi connectivity index (χ0v) is 16.3. The molecule has 3 rings (SSSR count). The van der Waals surface area contributed by atoms with Crippen LogP contribution in [0.1, 0.15) is 85.6 Å². The maximum atomic E-state index is 13.1. The number of piperidine rings is 1. The van der Waals surface area contributed by atoms with Crippen LogP contribution in [0.15, 0.2) is 0 Å². The number of imidazole rings is 1. The highest BCUT2D eigenvalue weighted by Gasteiger charge is 2.31. The van der Waals surface area contributed by atoms with E-state index in [0.717, 1.165) is 83.4 Å². The molecule has 6 heteroatoms. The van der Waals surface area contributed by atoms with E-state index in [1.54, 1.807) is 0 Å². The molecule has 1 saturated heterocycles. The SMILES string of the molecule is CCCN(CCC)C(=O)c1nc(C(=O)N2CCCCC2)n2c1CCCC2. The fourth-order valence-corrected chi connectivity index (χ4v) is 4.12. The summed E-state index contributed by atoms with van der Waals surface area (Å²) >= 11 is 0. The van der Waals surface area contributed by atoms with Gasteiger partial charge in [0, 0.05) is 32.7 Å². The molecule has 144 valence electrons. The molecule has 0 aromatic carbocycles. The Morgan fingerprint density at radius 3 is 2.27 bits per heavy atom. The van der Waals surface area contributed by atoms with Crippen molar-refractivity contribution in [1.82, 2.24) is 19.4 Å². The minimum absolute atomic E-state index is 0.00274. The lowest BCUT2D eigenvalue weighted by Gasteiger charge is -2.27. The smallest absolute Gasteiger partial charge is 0.289 e. The normalized spacial score (nSPS) is 17.1. The van der Waals surface area contributed by atoms with Crippen LogP contribution in [0.5, 0.6) is 0 Å². The number of rotatable bonds is 6. The Morgan fingerprint density at radius 2 is 1.62 bits per heavy atom. The Labute approximate surface area is 156 Å². The lowest BCUT2D eigenvalue weighted by atomic mass is 10.1. The number of hydrogen-bond donors (Lipinski definition) is 0. The van der Waals surface area contributed by atoms with Crippen molar-refractivity contribution >= 4 is 11.8 Å². The minimum atomic E-state index is -0.00274. The van der Waals surface area contributed by atoms with E-state index in [9.17, 15) is 9.59 Å². The first-order chi connectivity index (χ1) is 12.7. The number of fused-ring (bicyclic) bond motifs is 1. The summed E-state index contributed by atoms with van der Waals surface area (Å²) in [5, 5.41) is 0. The second-order valence-electron chi connectivity index (χ2n) is 7.48. The molecule has 3 heterocycles. The number of carbonyl (C=O) groups excluding carboxylic acids is 2. The van der Waals surface area contributed by atoms with Crippen LogP contribution in [-0.2, 0) is 13.0 Å². The van der Waals surface area contributed by atoms with Gasteiger partial charge < -0.3 is 14.4 Å². The molecule has 26 heavy (non-hydrogen) atoms. The van der Waals surface area contributed by atoms with E-state index in [2.05, 4.69) is 18.8 Å². The summed E-state index contributed by atoms with van der Waals surface area (Å²) in [6.45, 7) is 8.08. The molecule has 0 saturated carbocycles. The average molecular weight is 361 g/mol. The van der Waals surface area contributed by atoms with Gasteiger partial charge in [0.25, 0.3) is 11.8 Å². The third-order valence-electron chi connectivity index (χ3n) is 5.43. The number of likely N-dealkylation sites (tertiary alicyclic amines) is 1. The zero-order valence-electron chi connectivity index (χ0n) is 16.3. The third kappa shape index (κ3) is 3.79. The van der Waals surface area contributed by atoms with E-state index in [-0.39, 0.29) is 11.8 Å². The van der Waals surface area contributed by atoms with Gasteiger partial charge >= 0.3 is 0 Å². The second-order valence-corrected chi connectivity index (χ2v) is 7.48. The Morgan fingerprint density at radius 1 is 0.962 bits per heavy atom. The van der Waals surface area contributed by atoms with Gasteiger partial charge in [0.05, 0.1) is 5.69 Å². The summed E-state index contributed by atoms with van der Waals surface area (Å²) in [6.07, 6.45) is 8.12. The lowest BCUT2D eigenvalue weighted by molar-refractivity contribution is 0.0705. The molecular formula is C20H32N4O2. The third-order valence-corrected chi connectivity index (χ3v) is 5.43. The van der Waals surface area contributed by atoms with E-state index in [1.165, 1.54) is 6.42 Å². The monoisotopic (exact) mass is 360 g/mol. The Kier molecular flexibility index (Phi) is 6.33. The van der Waals surface area contributed by atoms with E-state index >= 15 is 0 Å². The molecule has 0 N–H and O–H groups in total. The molecule has 0 radical (unpaired) electrons. The van der Waals surface area contributed by atoms with Crippen LogP contribution in [-0.4, -0.2) is 57.3 Å². The summed E-state index contributed by atoms with van der Waals surface area (Å²) < 4.78 is 2.03. The Hall–Kier alpha value is -1.85. The van der Waals surface area contributed by atoms with Crippen LogP contribution in [0.3, 0.4) is 0 Å². The van der Waals surface area contributed by atoms with Crippen molar-refractivity contribution in [1.29, 1.82) is 0 Å². The number of carbonyl (C=O) groups is 2. The molecule has 1 fully saturated rings. The molecule has 0 aliphatic carbocycles. The second kappa shape index (κ2) is 8.69. The van der Waals surface area contributed by atoms with Crippen LogP contribution in [0.4, 0.5) is 0 Å². The predicted octanol–water partition coefficient (Wildman–Crippen LogP) is 3.11. The predicted molar refractivity (Wildman–Crippen MR) is 101 cm³/mol. The summed E-state index contributed by atoms with van der Waals surface area (Å²) in [6, 6.07) is 0. The van der Waals surface area contributed by atoms with Gasteiger partial charge in [-0.1, -0.05) is 13.8 Å². The van der Waals surface area contributed by atoms with Gasteiger partial charge in [-0.2, -0.15) is 0 Å². The fraction of sp³-hybridized carbons (Fsp3) is 0.750. The minimum Gasteiger partial charge on any atom is -0.337 e. The molecule has 2 amide bonds. The van der Waals surface area contributed by atoms with Crippen molar-refractivity contribution in [2.75, 3.05) is 26.2 Å². The fourth-order valence-electron chi connectivity index (χ4n) is 4.12. The largest absolute Gasteiger partial charge is 0.337 e. The summed E-state index contributed by atoms with van der Waals surface area (Å²) in [5.41, 5.74) is 1.49. The topological polar surface area (TPSA) is 58.4 Å². The van der Waals surface area contributed by atoms with Gasteiger partial charge in [0.1, 0.15) is 5.69 Å². The van der Waals surface area contributed by atoms with Crippen molar-refractivity contribution in [3.63, 3.8) is 0 Å². The number of nitrogens with zero attached hydrogens (tertiary/aromatic N) is 4. The van der Waals surface area contributed by atoms with Gasteiger partial charge in [0.2, 0.25) is 0 Å². The van der Waals surface area contributed by atoms with E-state index < -0.39 is 0 Å². The van der Waals surface area contributed by atoms with E-state index in [4.69, 9.17) is 0 Å². The number of amides is 2. The van der Waals surface area contributed by atoms with Gasteiger partial charge in [-0.3, -0.25) is 9.59 Å². The van der Waals surface area contributed by atoms with Gasteiger partial charge in [-0.05, 0) is 51.4 Å². The van der Waals surface area contributed by atoms with Crippen LogP contribution < -0.4 is 0 Å². The molecule has 1 aromatic rings. The number of hydrogen-bond acceptors (Lipinski definition) is 3. The Balaban J connectivity index is 1.92. The highest BCUT2D eigenvalue weighted by molar-refractivity contribution is 5.97. The summed E-state index contributed by atoms with van der Waals surface area (Å²) in [7, 11) is 0. The number of aromatic nitrogens is 2. The molecule has 0 spiro atoms. The van der Waals surface area contributed by atoms with E-state index in [0.29, 0.717) is 11.5 Å². The van der Waals surface area contributed by atoms with Crippen molar-refractivity contribution in [3.8, 4) is 0 Å². The lowest BCUT2D eigenvalue weighted by Crippen LogP contribution is -2.37. The molecule has 0 bridgehead atoms. The first-order valence-corrected chi connectivity index (χ1v) is 10.3. The summed E-state index contributed by atoms with van der Waals surface area (Å²) in [4.78, 5) is 34.6. The van der Waals surface area contributed by atoms with Crippen LogP contribution in [0.2, 0.25) is 0 Å². The van der Waals surface area contributed by atoms with E-state index in [1.807, 2.05) is 14.4 Å². The first-order valence-electron chi connectivity index (χ1n) is 10.3. The zero-order chi connectivity index (χ0) is 18.5. The van der Waals surface area contributed by atoms with Crippen LogP contribution in [0.25, 0.3) is 0 Å².